The van der Waals surface area contributed by atoms with Crippen LogP contribution in [0.15, 0.2) is 24.3 Å². The summed E-state index contributed by atoms with van der Waals surface area (Å²) in [5, 5.41) is 0. The van der Waals surface area contributed by atoms with Gasteiger partial charge in [0.05, 0.1) is 6.61 Å². The number of methoxy groups -OCH3 is 1. The predicted octanol–water partition coefficient (Wildman–Crippen LogP) is 0.893. The van der Waals surface area contributed by atoms with Crippen molar-refractivity contribution < 1.29 is 9.53 Å². The fourth-order valence-corrected chi connectivity index (χ4v) is 2.08. The van der Waals surface area contributed by atoms with E-state index in [1.807, 2.05) is 29.2 Å². The molecule has 4 heteroatoms. The zero-order chi connectivity index (χ0) is 12.3. The van der Waals surface area contributed by atoms with E-state index in [0.717, 1.165) is 11.1 Å². The van der Waals surface area contributed by atoms with E-state index in [0.29, 0.717) is 26.1 Å². The third-order valence-corrected chi connectivity index (χ3v) is 2.95. The van der Waals surface area contributed by atoms with Gasteiger partial charge in [0.25, 0.3) is 0 Å². The minimum Gasteiger partial charge on any atom is -0.380 e. The number of nitrogens with zero attached hydrogens (tertiary/aromatic N) is 1. The second-order valence-corrected chi connectivity index (χ2v) is 4.49. The Hall–Kier alpha value is -1.39. The van der Waals surface area contributed by atoms with E-state index in [9.17, 15) is 4.79 Å². The summed E-state index contributed by atoms with van der Waals surface area (Å²) in [7, 11) is 1.68. The molecule has 0 saturated carbocycles. The quantitative estimate of drug-likeness (QED) is 0.842. The lowest BCUT2D eigenvalue weighted by molar-refractivity contribution is -0.128. The first-order valence-corrected chi connectivity index (χ1v) is 5.79. The van der Waals surface area contributed by atoms with Gasteiger partial charge in [-0.25, -0.2) is 0 Å². The highest BCUT2D eigenvalue weighted by molar-refractivity contribution is 5.79. The van der Waals surface area contributed by atoms with E-state index >= 15 is 0 Å². The van der Waals surface area contributed by atoms with Crippen molar-refractivity contribution in [2.45, 2.75) is 25.6 Å². The molecule has 0 radical (unpaired) electrons. The Balaban J connectivity index is 1.97. The van der Waals surface area contributed by atoms with E-state index in [1.54, 1.807) is 7.11 Å². The van der Waals surface area contributed by atoms with Crippen LogP contribution in [-0.2, 0) is 22.7 Å². The Morgan fingerprint density at radius 1 is 1.35 bits per heavy atom. The van der Waals surface area contributed by atoms with Gasteiger partial charge in [0.2, 0.25) is 5.91 Å². The van der Waals surface area contributed by atoms with Crippen LogP contribution in [0.3, 0.4) is 0 Å². The van der Waals surface area contributed by atoms with Crippen molar-refractivity contribution in [2.24, 2.45) is 5.73 Å². The molecule has 17 heavy (non-hydrogen) atoms. The van der Waals surface area contributed by atoms with Crippen LogP contribution in [0.1, 0.15) is 17.5 Å². The number of hydrogen-bond acceptors (Lipinski definition) is 3. The van der Waals surface area contributed by atoms with Crippen molar-refractivity contribution >= 4 is 5.91 Å². The molecular weight excluding hydrogens is 216 g/mol. The van der Waals surface area contributed by atoms with Gasteiger partial charge in [-0.05, 0) is 11.1 Å². The van der Waals surface area contributed by atoms with Crippen molar-refractivity contribution in [2.75, 3.05) is 13.7 Å². The third kappa shape index (κ3) is 3.05. The lowest BCUT2D eigenvalue weighted by Crippen LogP contribution is -2.27. The second-order valence-electron chi connectivity index (χ2n) is 4.49. The highest BCUT2D eigenvalue weighted by atomic mass is 16.5. The molecule has 1 atom stereocenters. The smallest absolute Gasteiger partial charge is 0.224 e. The molecule has 2 N–H and O–H groups in total. The minimum absolute atomic E-state index is 0.00438. The molecule has 1 unspecified atom stereocenters. The summed E-state index contributed by atoms with van der Waals surface area (Å²) in [6.07, 6.45) is 0.474. The molecule has 4 nitrogen and oxygen atoms in total. The van der Waals surface area contributed by atoms with Crippen LogP contribution in [0, 0.1) is 0 Å². The molecule has 1 fully saturated rings. The topological polar surface area (TPSA) is 55.6 Å². The number of ether oxygens (including phenoxy) is 1. The first-order valence-electron chi connectivity index (χ1n) is 5.79. The zero-order valence-electron chi connectivity index (χ0n) is 10.1. The van der Waals surface area contributed by atoms with Gasteiger partial charge < -0.3 is 15.4 Å². The largest absolute Gasteiger partial charge is 0.380 e. The molecule has 1 aliphatic rings. The van der Waals surface area contributed by atoms with Gasteiger partial charge in [-0.3, -0.25) is 4.79 Å². The average Bonchev–Trinajstić information content (AvgIpc) is 2.61. The Labute approximate surface area is 101 Å². The van der Waals surface area contributed by atoms with Crippen molar-refractivity contribution in [3.8, 4) is 0 Å². The molecule has 1 heterocycles. The summed E-state index contributed by atoms with van der Waals surface area (Å²) in [6, 6.07) is 8.12. The lowest BCUT2D eigenvalue weighted by Gasteiger charge is -2.16. The molecular formula is C13H18N2O2. The van der Waals surface area contributed by atoms with Crippen LogP contribution in [-0.4, -0.2) is 30.5 Å². The summed E-state index contributed by atoms with van der Waals surface area (Å²) in [5.41, 5.74) is 8.03. The second kappa shape index (κ2) is 5.29. The number of amides is 1. The van der Waals surface area contributed by atoms with E-state index in [1.165, 1.54) is 0 Å². The SMILES string of the molecule is COCc1ccc(CN2CC(N)CC2=O)cc1. The molecule has 1 aromatic rings. The number of carbonyl (C=O) groups excluding carboxylic acids is 1. The van der Waals surface area contributed by atoms with Crippen LogP contribution in [0.4, 0.5) is 0 Å². The summed E-state index contributed by atoms with van der Waals surface area (Å²) in [5.74, 6) is 0.151. The van der Waals surface area contributed by atoms with Crippen LogP contribution < -0.4 is 5.73 Å². The maximum atomic E-state index is 11.6. The Morgan fingerprint density at radius 2 is 2.00 bits per heavy atom. The third-order valence-electron chi connectivity index (χ3n) is 2.95. The minimum atomic E-state index is -0.00438. The maximum absolute atomic E-state index is 11.6. The number of hydrogen-bond donors (Lipinski definition) is 1. The molecule has 2 rings (SSSR count). The number of nitrogens with two attached hydrogens (primary N) is 1. The highest BCUT2D eigenvalue weighted by Gasteiger charge is 2.26. The number of carbonyl (C=O) groups is 1. The Bertz CT molecular complexity index is 389. The fourth-order valence-electron chi connectivity index (χ4n) is 2.08. The van der Waals surface area contributed by atoms with Crippen molar-refractivity contribution in [1.82, 2.24) is 4.90 Å². The van der Waals surface area contributed by atoms with E-state index < -0.39 is 0 Å². The van der Waals surface area contributed by atoms with Crippen molar-refractivity contribution in [1.29, 1.82) is 0 Å². The standard InChI is InChI=1S/C13H18N2O2/c1-17-9-11-4-2-10(3-5-11)7-15-8-12(14)6-13(15)16/h2-5,12H,6-9,14H2,1H3. The summed E-state index contributed by atoms with van der Waals surface area (Å²) >= 11 is 0. The molecule has 1 saturated heterocycles. The van der Waals surface area contributed by atoms with Gasteiger partial charge in [0.15, 0.2) is 0 Å². The van der Waals surface area contributed by atoms with Crippen molar-refractivity contribution in [3.63, 3.8) is 0 Å². The normalized spacial score (nSPS) is 20.0. The molecule has 1 amide bonds. The van der Waals surface area contributed by atoms with E-state index in [2.05, 4.69) is 0 Å². The van der Waals surface area contributed by atoms with Crippen LogP contribution in [0.25, 0.3) is 0 Å². The van der Waals surface area contributed by atoms with Crippen molar-refractivity contribution in [3.05, 3.63) is 35.4 Å². The Kier molecular flexibility index (Phi) is 3.76. The van der Waals surface area contributed by atoms with Gasteiger partial charge >= 0.3 is 0 Å². The summed E-state index contributed by atoms with van der Waals surface area (Å²) in [4.78, 5) is 13.4. The number of likely N-dealkylation sites (tertiary alicyclic amines) is 1. The van der Waals surface area contributed by atoms with Crippen LogP contribution in [0.5, 0.6) is 0 Å². The summed E-state index contributed by atoms with van der Waals surface area (Å²) < 4.78 is 5.05. The van der Waals surface area contributed by atoms with Crippen LogP contribution in [0.2, 0.25) is 0 Å². The Morgan fingerprint density at radius 3 is 2.53 bits per heavy atom. The summed E-state index contributed by atoms with van der Waals surface area (Å²) in [6.45, 7) is 1.94. The number of benzene rings is 1. The van der Waals surface area contributed by atoms with Gasteiger partial charge in [0.1, 0.15) is 0 Å². The van der Waals surface area contributed by atoms with Gasteiger partial charge in [0, 0.05) is 32.7 Å². The first kappa shape index (κ1) is 12.1. The van der Waals surface area contributed by atoms with Gasteiger partial charge in [-0.15, -0.1) is 0 Å². The zero-order valence-corrected chi connectivity index (χ0v) is 10.1. The molecule has 1 aromatic carbocycles. The van der Waals surface area contributed by atoms with E-state index in [-0.39, 0.29) is 11.9 Å². The lowest BCUT2D eigenvalue weighted by atomic mass is 10.1. The van der Waals surface area contributed by atoms with Crippen LogP contribution >= 0.6 is 0 Å². The molecule has 0 aromatic heterocycles. The highest BCUT2D eigenvalue weighted by Crippen LogP contribution is 2.14. The maximum Gasteiger partial charge on any atom is 0.224 e. The average molecular weight is 234 g/mol. The number of rotatable bonds is 4. The predicted molar refractivity (Wildman–Crippen MR) is 65.2 cm³/mol. The first-order chi connectivity index (χ1) is 8.19. The van der Waals surface area contributed by atoms with E-state index in [4.69, 9.17) is 10.5 Å². The fraction of sp³-hybridized carbons (Fsp3) is 0.462. The molecule has 0 aliphatic carbocycles. The monoisotopic (exact) mass is 234 g/mol. The molecule has 1 aliphatic heterocycles. The van der Waals surface area contributed by atoms with Gasteiger partial charge in [-0.2, -0.15) is 0 Å². The molecule has 0 spiro atoms. The molecule has 0 bridgehead atoms. The van der Waals surface area contributed by atoms with Gasteiger partial charge in [-0.1, -0.05) is 24.3 Å². The molecule has 92 valence electrons.